The summed E-state index contributed by atoms with van der Waals surface area (Å²) in [6, 6.07) is 11.8. The van der Waals surface area contributed by atoms with Crippen molar-refractivity contribution in [2.45, 2.75) is 51.2 Å². The molecule has 2 amide bonds. The van der Waals surface area contributed by atoms with Gasteiger partial charge in [0.25, 0.3) is 11.8 Å². The van der Waals surface area contributed by atoms with Crippen LogP contribution in [0.25, 0.3) is 11.4 Å². The Morgan fingerprint density at radius 3 is 2.58 bits per heavy atom. The molecule has 2 aromatic heterocycles. The van der Waals surface area contributed by atoms with Crippen molar-refractivity contribution in [3.8, 4) is 11.4 Å². The molecule has 0 atom stereocenters. The molecule has 7 heteroatoms. The summed E-state index contributed by atoms with van der Waals surface area (Å²) in [5, 5.41) is 3.19. The van der Waals surface area contributed by atoms with Crippen molar-refractivity contribution in [2.24, 2.45) is 0 Å². The van der Waals surface area contributed by atoms with Crippen LogP contribution in [0.1, 0.15) is 58.6 Å². The van der Waals surface area contributed by atoms with Gasteiger partial charge in [-0.15, -0.1) is 0 Å². The fourth-order valence-electron chi connectivity index (χ4n) is 4.60. The van der Waals surface area contributed by atoms with Crippen LogP contribution >= 0.6 is 0 Å². The lowest BCUT2D eigenvalue weighted by molar-refractivity contribution is 0.0706. The summed E-state index contributed by atoms with van der Waals surface area (Å²) >= 11 is 0. The predicted molar refractivity (Wildman–Crippen MR) is 115 cm³/mol. The Balaban J connectivity index is 1.48. The molecule has 0 saturated heterocycles. The molecule has 0 spiro atoms. The Morgan fingerprint density at radius 1 is 1.03 bits per heavy atom. The molecule has 1 aromatic carbocycles. The van der Waals surface area contributed by atoms with E-state index in [1.54, 1.807) is 11.0 Å². The van der Waals surface area contributed by atoms with Gasteiger partial charge >= 0.3 is 0 Å². The summed E-state index contributed by atoms with van der Waals surface area (Å²) in [5.74, 6) is 0.538. The highest BCUT2D eigenvalue weighted by atomic mass is 16.3. The average molecular weight is 418 g/mol. The third kappa shape index (κ3) is 3.87. The average Bonchev–Trinajstić information content (AvgIpc) is 3.48. The fourth-order valence-corrected chi connectivity index (χ4v) is 4.60. The molecule has 2 aliphatic rings. The summed E-state index contributed by atoms with van der Waals surface area (Å²) in [6.45, 7) is 1.49. The number of imidazole rings is 1. The summed E-state index contributed by atoms with van der Waals surface area (Å²) in [4.78, 5) is 32.6. The van der Waals surface area contributed by atoms with Gasteiger partial charge in [0.2, 0.25) is 0 Å². The second kappa shape index (κ2) is 8.41. The first-order valence-electron chi connectivity index (χ1n) is 11.0. The van der Waals surface area contributed by atoms with Crippen LogP contribution in [0.3, 0.4) is 0 Å². The van der Waals surface area contributed by atoms with Gasteiger partial charge in [0.15, 0.2) is 5.69 Å². The molecular weight excluding hydrogens is 392 g/mol. The molecule has 1 aliphatic carbocycles. The number of carbonyl (C=O) groups excluding carboxylic acids is 2. The zero-order valence-electron chi connectivity index (χ0n) is 17.4. The first-order valence-corrected chi connectivity index (χ1v) is 11.0. The highest BCUT2D eigenvalue weighted by Gasteiger charge is 2.31. The highest BCUT2D eigenvalue weighted by Crippen LogP contribution is 2.28. The number of hydrogen-bond acceptors (Lipinski definition) is 4. The minimum absolute atomic E-state index is 0.0962. The lowest BCUT2D eigenvalue weighted by atomic mass is 9.95. The standard InChI is InChI=1S/C24H26N4O3/c29-23(25-19-9-5-2-6-10-19)21-20-15-27(24(30)18-11-14-31-16-18)12-13-28(20)22(26-21)17-7-3-1-4-8-17/h1,3-4,7-8,11,14,16,19H,2,5-6,9-10,12-13,15H2,(H,25,29). The SMILES string of the molecule is O=C(NC1CCCCC1)c1nc(-c2ccccc2)n2c1CN(C(=O)c1ccoc1)CC2. The zero-order chi connectivity index (χ0) is 21.2. The third-order valence-corrected chi connectivity index (χ3v) is 6.25. The molecule has 1 N–H and O–H groups in total. The number of amides is 2. The van der Waals surface area contributed by atoms with Crippen molar-refractivity contribution < 1.29 is 14.0 Å². The molecule has 160 valence electrons. The Kier molecular flexibility index (Phi) is 5.32. The number of nitrogens with zero attached hydrogens (tertiary/aromatic N) is 3. The van der Waals surface area contributed by atoms with Crippen LogP contribution in [-0.4, -0.2) is 38.9 Å². The zero-order valence-corrected chi connectivity index (χ0v) is 17.4. The quantitative estimate of drug-likeness (QED) is 0.698. The number of carbonyl (C=O) groups is 2. The molecule has 31 heavy (non-hydrogen) atoms. The van der Waals surface area contributed by atoms with E-state index in [0.717, 1.165) is 42.8 Å². The van der Waals surface area contributed by atoms with Gasteiger partial charge in [-0.2, -0.15) is 0 Å². The monoisotopic (exact) mass is 418 g/mol. The van der Waals surface area contributed by atoms with Crippen molar-refractivity contribution >= 4 is 11.8 Å². The van der Waals surface area contributed by atoms with E-state index in [2.05, 4.69) is 9.88 Å². The van der Waals surface area contributed by atoms with Crippen molar-refractivity contribution in [2.75, 3.05) is 6.54 Å². The van der Waals surface area contributed by atoms with E-state index < -0.39 is 0 Å². The Morgan fingerprint density at radius 2 is 1.84 bits per heavy atom. The highest BCUT2D eigenvalue weighted by molar-refractivity contribution is 5.96. The molecule has 7 nitrogen and oxygen atoms in total. The summed E-state index contributed by atoms with van der Waals surface area (Å²) in [6.07, 6.45) is 8.51. The number of hydrogen-bond donors (Lipinski definition) is 1. The molecule has 3 aromatic rings. The van der Waals surface area contributed by atoms with Crippen LogP contribution in [0.4, 0.5) is 0 Å². The fraction of sp³-hybridized carbons (Fsp3) is 0.375. The normalized spacial score (nSPS) is 16.7. The number of nitrogens with one attached hydrogen (secondary N) is 1. The lowest BCUT2D eigenvalue weighted by Gasteiger charge is -2.29. The van der Waals surface area contributed by atoms with Crippen LogP contribution < -0.4 is 5.32 Å². The Bertz CT molecular complexity index is 1070. The molecule has 1 saturated carbocycles. The van der Waals surface area contributed by atoms with E-state index in [1.807, 2.05) is 30.3 Å². The maximum Gasteiger partial charge on any atom is 0.272 e. The molecule has 1 fully saturated rings. The largest absolute Gasteiger partial charge is 0.472 e. The number of rotatable bonds is 4. The van der Waals surface area contributed by atoms with Gasteiger partial charge in [-0.1, -0.05) is 49.6 Å². The summed E-state index contributed by atoms with van der Waals surface area (Å²) in [5.41, 5.74) is 2.70. The Hall–Kier alpha value is -3.35. The Labute approximate surface area is 181 Å². The smallest absolute Gasteiger partial charge is 0.272 e. The van der Waals surface area contributed by atoms with Gasteiger partial charge in [0.1, 0.15) is 12.1 Å². The van der Waals surface area contributed by atoms with E-state index in [0.29, 0.717) is 30.9 Å². The van der Waals surface area contributed by atoms with Crippen LogP contribution in [0.5, 0.6) is 0 Å². The van der Waals surface area contributed by atoms with Gasteiger partial charge in [-0.05, 0) is 18.9 Å². The first-order chi connectivity index (χ1) is 15.2. The van der Waals surface area contributed by atoms with Gasteiger partial charge < -0.3 is 19.2 Å². The minimum Gasteiger partial charge on any atom is -0.472 e. The second-order valence-electron chi connectivity index (χ2n) is 8.30. The number of benzene rings is 1. The van der Waals surface area contributed by atoms with Crippen molar-refractivity contribution in [3.05, 3.63) is 65.9 Å². The van der Waals surface area contributed by atoms with Crippen LogP contribution in [0.2, 0.25) is 0 Å². The molecule has 0 radical (unpaired) electrons. The van der Waals surface area contributed by atoms with E-state index >= 15 is 0 Å². The molecule has 5 rings (SSSR count). The summed E-state index contributed by atoms with van der Waals surface area (Å²) < 4.78 is 7.16. The molecule has 0 bridgehead atoms. The second-order valence-corrected chi connectivity index (χ2v) is 8.30. The number of fused-ring (bicyclic) bond motifs is 1. The topological polar surface area (TPSA) is 80.4 Å². The van der Waals surface area contributed by atoms with Gasteiger partial charge in [0, 0.05) is 24.7 Å². The number of aromatic nitrogens is 2. The van der Waals surface area contributed by atoms with E-state index in [4.69, 9.17) is 9.40 Å². The molecule has 3 heterocycles. The minimum atomic E-state index is -0.143. The van der Waals surface area contributed by atoms with Crippen LogP contribution in [-0.2, 0) is 13.1 Å². The molecular formula is C24H26N4O3. The molecule has 0 unspecified atom stereocenters. The third-order valence-electron chi connectivity index (χ3n) is 6.25. The summed E-state index contributed by atoms with van der Waals surface area (Å²) in [7, 11) is 0. The van der Waals surface area contributed by atoms with Gasteiger partial charge in [0.05, 0.1) is 24.1 Å². The molecule has 1 aliphatic heterocycles. The van der Waals surface area contributed by atoms with Crippen LogP contribution in [0, 0.1) is 0 Å². The predicted octanol–water partition coefficient (Wildman–Crippen LogP) is 3.86. The maximum absolute atomic E-state index is 13.2. The number of furan rings is 1. The lowest BCUT2D eigenvalue weighted by Crippen LogP contribution is -2.40. The van der Waals surface area contributed by atoms with Gasteiger partial charge in [-0.25, -0.2) is 4.98 Å². The first kappa shape index (κ1) is 19.6. The maximum atomic E-state index is 13.2. The van der Waals surface area contributed by atoms with E-state index in [9.17, 15) is 9.59 Å². The van der Waals surface area contributed by atoms with Crippen molar-refractivity contribution in [1.82, 2.24) is 19.8 Å². The van der Waals surface area contributed by atoms with E-state index in [-0.39, 0.29) is 17.9 Å². The van der Waals surface area contributed by atoms with Crippen LogP contribution in [0.15, 0.2) is 53.3 Å². The van der Waals surface area contributed by atoms with E-state index in [1.165, 1.54) is 18.9 Å². The van der Waals surface area contributed by atoms with Crippen molar-refractivity contribution in [1.29, 1.82) is 0 Å². The van der Waals surface area contributed by atoms with Gasteiger partial charge in [-0.3, -0.25) is 9.59 Å². The van der Waals surface area contributed by atoms with Crippen molar-refractivity contribution in [3.63, 3.8) is 0 Å².